The third-order valence-corrected chi connectivity index (χ3v) is 2.25. The largest absolute Gasteiger partial charge is 0.435 e. The molecule has 5 heteroatoms. The van der Waals surface area contributed by atoms with E-state index < -0.39 is 12.7 Å². The van der Waals surface area contributed by atoms with Crippen LogP contribution in [0.1, 0.15) is 17.2 Å². The Balaban J connectivity index is 2.94. The maximum atomic E-state index is 12.0. The summed E-state index contributed by atoms with van der Waals surface area (Å²) in [4.78, 5) is 0. The fourth-order valence-electron chi connectivity index (χ4n) is 1.14. The van der Waals surface area contributed by atoms with Gasteiger partial charge in [-0.15, -0.1) is 11.6 Å². The van der Waals surface area contributed by atoms with Crippen LogP contribution in [-0.2, 0) is 0 Å². The van der Waals surface area contributed by atoms with Crippen LogP contribution < -0.4 is 4.74 Å². The van der Waals surface area contributed by atoms with Gasteiger partial charge in [0.1, 0.15) is 5.75 Å². The Morgan fingerprint density at radius 3 is 2.67 bits per heavy atom. The van der Waals surface area contributed by atoms with Crippen molar-refractivity contribution in [1.29, 1.82) is 0 Å². The lowest BCUT2D eigenvalue weighted by molar-refractivity contribution is -0.0504. The lowest BCUT2D eigenvalue weighted by atomic mass is 10.1. The van der Waals surface area contributed by atoms with Gasteiger partial charge in [-0.1, -0.05) is 12.1 Å². The zero-order valence-corrected chi connectivity index (χ0v) is 8.84. The van der Waals surface area contributed by atoms with Crippen LogP contribution in [0.2, 0.25) is 0 Å². The molecule has 1 aromatic rings. The first-order valence-electron chi connectivity index (χ1n) is 4.34. The van der Waals surface area contributed by atoms with E-state index >= 15 is 0 Å². The van der Waals surface area contributed by atoms with Crippen molar-refractivity contribution in [2.24, 2.45) is 0 Å². The third-order valence-electron chi connectivity index (χ3n) is 1.96. The minimum atomic E-state index is -2.87. The molecule has 0 aliphatic heterocycles. The standard InChI is InChI=1S/C10H11ClF2O2/c1-6-2-3-7(8(14)5-11)4-9(6)15-10(12)13/h2-4,8,10,14H,5H2,1H3. The maximum absolute atomic E-state index is 12.0. The van der Waals surface area contributed by atoms with Gasteiger partial charge >= 0.3 is 6.61 Å². The van der Waals surface area contributed by atoms with E-state index in [9.17, 15) is 13.9 Å². The third kappa shape index (κ3) is 3.32. The van der Waals surface area contributed by atoms with Crippen molar-refractivity contribution in [2.45, 2.75) is 19.6 Å². The molecule has 0 bridgehead atoms. The fourth-order valence-corrected chi connectivity index (χ4v) is 1.31. The highest BCUT2D eigenvalue weighted by molar-refractivity contribution is 6.18. The van der Waals surface area contributed by atoms with Crippen LogP contribution in [0.3, 0.4) is 0 Å². The quantitative estimate of drug-likeness (QED) is 0.815. The van der Waals surface area contributed by atoms with E-state index in [-0.39, 0.29) is 11.6 Å². The van der Waals surface area contributed by atoms with E-state index in [1.54, 1.807) is 19.1 Å². The second-order valence-electron chi connectivity index (χ2n) is 3.07. The van der Waals surface area contributed by atoms with Crippen LogP contribution in [0.4, 0.5) is 8.78 Å². The summed E-state index contributed by atoms with van der Waals surface area (Å²) in [6.07, 6.45) is -0.868. The van der Waals surface area contributed by atoms with Crippen LogP contribution in [0.5, 0.6) is 5.75 Å². The van der Waals surface area contributed by atoms with E-state index in [0.29, 0.717) is 11.1 Å². The Morgan fingerprint density at radius 1 is 1.47 bits per heavy atom. The molecule has 1 aromatic carbocycles. The molecule has 0 saturated heterocycles. The van der Waals surface area contributed by atoms with E-state index in [1.165, 1.54) is 6.07 Å². The summed E-state index contributed by atoms with van der Waals surface area (Å²) in [6.45, 7) is -1.22. The number of aryl methyl sites for hydroxylation is 1. The van der Waals surface area contributed by atoms with Crippen molar-refractivity contribution in [2.75, 3.05) is 5.88 Å². The number of hydrogen-bond acceptors (Lipinski definition) is 2. The summed E-state index contributed by atoms with van der Waals surface area (Å²) >= 11 is 5.45. The Hall–Kier alpha value is -0.870. The summed E-state index contributed by atoms with van der Waals surface area (Å²) in [6, 6.07) is 4.60. The highest BCUT2D eigenvalue weighted by Crippen LogP contribution is 2.25. The van der Waals surface area contributed by atoms with Crippen LogP contribution >= 0.6 is 11.6 Å². The molecule has 0 fully saturated rings. The van der Waals surface area contributed by atoms with Crippen LogP contribution in [0.15, 0.2) is 18.2 Å². The Bertz CT molecular complexity index is 331. The SMILES string of the molecule is Cc1ccc(C(O)CCl)cc1OC(F)F. The smallest absolute Gasteiger partial charge is 0.387 e. The Labute approximate surface area is 91.4 Å². The highest BCUT2D eigenvalue weighted by Gasteiger charge is 2.11. The number of benzene rings is 1. The minimum absolute atomic E-state index is 0.0111. The van der Waals surface area contributed by atoms with Gasteiger partial charge in [-0.2, -0.15) is 8.78 Å². The maximum Gasteiger partial charge on any atom is 0.387 e. The van der Waals surface area contributed by atoms with Gasteiger partial charge in [-0.25, -0.2) is 0 Å². The first-order chi connectivity index (χ1) is 7.04. The Kier molecular flexibility index (Phi) is 4.29. The second-order valence-corrected chi connectivity index (χ2v) is 3.38. The van der Waals surface area contributed by atoms with Crippen LogP contribution in [0, 0.1) is 6.92 Å². The zero-order valence-electron chi connectivity index (χ0n) is 8.08. The molecule has 1 unspecified atom stereocenters. The van der Waals surface area contributed by atoms with Crippen molar-refractivity contribution in [3.05, 3.63) is 29.3 Å². The van der Waals surface area contributed by atoms with Crippen molar-refractivity contribution in [3.63, 3.8) is 0 Å². The molecule has 1 atom stereocenters. The average Bonchev–Trinajstić information content (AvgIpc) is 2.19. The number of aliphatic hydroxyl groups is 1. The molecule has 0 amide bonds. The summed E-state index contributed by atoms with van der Waals surface area (Å²) in [5.74, 6) is 0.0728. The molecule has 0 spiro atoms. The fraction of sp³-hybridized carbons (Fsp3) is 0.400. The first kappa shape index (κ1) is 12.2. The number of ether oxygens (including phenoxy) is 1. The van der Waals surface area contributed by atoms with Crippen molar-refractivity contribution in [3.8, 4) is 5.75 Å². The number of aliphatic hydroxyl groups excluding tert-OH is 1. The van der Waals surface area contributed by atoms with E-state index in [0.717, 1.165) is 0 Å². The van der Waals surface area contributed by atoms with Crippen LogP contribution in [0.25, 0.3) is 0 Å². The lowest BCUT2D eigenvalue weighted by Crippen LogP contribution is -2.05. The summed E-state index contributed by atoms with van der Waals surface area (Å²) in [5, 5.41) is 9.40. The van der Waals surface area contributed by atoms with Crippen molar-refractivity contribution < 1.29 is 18.6 Å². The summed E-state index contributed by atoms with van der Waals surface area (Å²) in [7, 11) is 0. The molecule has 2 nitrogen and oxygen atoms in total. The van der Waals surface area contributed by atoms with Gasteiger partial charge in [-0.05, 0) is 24.1 Å². The van der Waals surface area contributed by atoms with E-state index in [4.69, 9.17) is 11.6 Å². The number of rotatable bonds is 4. The number of halogens is 3. The molecule has 1 rings (SSSR count). The average molecular weight is 237 g/mol. The van der Waals surface area contributed by atoms with Crippen LogP contribution in [-0.4, -0.2) is 17.6 Å². The molecule has 0 aromatic heterocycles. The molecule has 0 aliphatic carbocycles. The molecule has 1 N–H and O–H groups in total. The van der Waals surface area contributed by atoms with Gasteiger partial charge in [-0.3, -0.25) is 0 Å². The van der Waals surface area contributed by atoms with Crippen molar-refractivity contribution in [1.82, 2.24) is 0 Å². The molecule has 0 aliphatic rings. The molecular formula is C10H11ClF2O2. The topological polar surface area (TPSA) is 29.5 Å². The summed E-state index contributed by atoms with van der Waals surface area (Å²) < 4.78 is 28.3. The predicted octanol–water partition coefficient (Wildman–Crippen LogP) is 2.87. The normalized spacial score (nSPS) is 12.9. The molecule has 0 radical (unpaired) electrons. The molecule has 84 valence electrons. The first-order valence-corrected chi connectivity index (χ1v) is 4.87. The van der Waals surface area contributed by atoms with Gasteiger partial charge in [0, 0.05) is 0 Å². The monoisotopic (exact) mass is 236 g/mol. The van der Waals surface area contributed by atoms with Gasteiger partial charge in [0.05, 0.1) is 12.0 Å². The van der Waals surface area contributed by atoms with Gasteiger partial charge in [0.15, 0.2) is 0 Å². The highest BCUT2D eigenvalue weighted by atomic mass is 35.5. The molecule has 15 heavy (non-hydrogen) atoms. The van der Waals surface area contributed by atoms with Crippen molar-refractivity contribution >= 4 is 11.6 Å². The second kappa shape index (κ2) is 5.28. The predicted molar refractivity (Wildman–Crippen MR) is 53.5 cm³/mol. The molecule has 0 heterocycles. The van der Waals surface area contributed by atoms with Gasteiger partial charge in [0.2, 0.25) is 0 Å². The van der Waals surface area contributed by atoms with Gasteiger partial charge in [0.25, 0.3) is 0 Å². The lowest BCUT2D eigenvalue weighted by Gasteiger charge is -2.12. The minimum Gasteiger partial charge on any atom is -0.435 e. The zero-order chi connectivity index (χ0) is 11.4. The molecular weight excluding hydrogens is 226 g/mol. The summed E-state index contributed by atoms with van der Waals surface area (Å²) in [5.41, 5.74) is 1.05. The number of hydrogen-bond donors (Lipinski definition) is 1. The Morgan fingerprint density at radius 2 is 2.13 bits per heavy atom. The van der Waals surface area contributed by atoms with E-state index in [1.807, 2.05) is 0 Å². The van der Waals surface area contributed by atoms with Gasteiger partial charge < -0.3 is 9.84 Å². The molecule has 0 saturated carbocycles. The number of alkyl halides is 3. The van der Waals surface area contributed by atoms with E-state index in [2.05, 4.69) is 4.74 Å².